The summed E-state index contributed by atoms with van der Waals surface area (Å²) < 4.78 is 0. The van der Waals surface area contributed by atoms with Gasteiger partial charge in [-0.1, -0.05) is 30.3 Å². The molecule has 0 aliphatic rings. The molecule has 0 N–H and O–H groups in total. The van der Waals surface area contributed by atoms with Crippen molar-refractivity contribution in [3.63, 3.8) is 0 Å². The quantitative estimate of drug-likeness (QED) is 0.683. The van der Waals surface area contributed by atoms with Crippen molar-refractivity contribution in [3.05, 3.63) is 67.0 Å². The molecule has 1 heterocycles. The standard InChI is InChI=1S/C14H13N/c1-2-3-12-4-6-13(7-5-12)14-8-10-15-11-9-14/h2,4-11H,1,3H2. The molecule has 0 aliphatic heterocycles. The average molecular weight is 195 g/mol. The van der Waals surface area contributed by atoms with E-state index in [0.29, 0.717) is 0 Å². The van der Waals surface area contributed by atoms with Crippen LogP contribution in [0.5, 0.6) is 0 Å². The Hall–Kier alpha value is -1.89. The Kier molecular flexibility index (Phi) is 2.93. The topological polar surface area (TPSA) is 12.9 Å². The van der Waals surface area contributed by atoms with Gasteiger partial charge in [-0.05, 0) is 35.2 Å². The highest BCUT2D eigenvalue weighted by atomic mass is 14.6. The molecule has 0 aliphatic carbocycles. The van der Waals surface area contributed by atoms with Gasteiger partial charge in [0, 0.05) is 12.4 Å². The summed E-state index contributed by atoms with van der Waals surface area (Å²) in [7, 11) is 0. The van der Waals surface area contributed by atoms with Crippen LogP contribution in [0.25, 0.3) is 11.1 Å². The zero-order valence-corrected chi connectivity index (χ0v) is 8.56. The van der Waals surface area contributed by atoms with Crippen molar-refractivity contribution in [1.82, 2.24) is 4.98 Å². The van der Waals surface area contributed by atoms with Gasteiger partial charge in [-0.25, -0.2) is 0 Å². The van der Waals surface area contributed by atoms with Gasteiger partial charge in [0.1, 0.15) is 0 Å². The van der Waals surface area contributed by atoms with Crippen molar-refractivity contribution in [2.75, 3.05) is 0 Å². The molecule has 15 heavy (non-hydrogen) atoms. The lowest BCUT2D eigenvalue weighted by Crippen LogP contribution is -1.82. The lowest BCUT2D eigenvalue weighted by atomic mass is 10.0. The Morgan fingerprint density at radius 2 is 1.53 bits per heavy atom. The van der Waals surface area contributed by atoms with Gasteiger partial charge in [0.2, 0.25) is 0 Å². The van der Waals surface area contributed by atoms with Crippen LogP contribution in [-0.2, 0) is 6.42 Å². The second kappa shape index (κ2) is 4.56. The number of allylic oxidation sites excluding steroid dienone is 1. The summed E-state index contributed by atoms with van der Waals surface area (Å²) in [6.45, 7) is 3.73. The van der Waals surface area contributed by atoms with Gasteiger partial charge in [-0.3, -0.25) is 4.98 Å². The molecule has 0 saturated heterocycles. The molecule has 0 spiro atoms. The van der Waals surface area contributed by atoms with Crippen molar-refractivity contribution >= 4 is 0 Å². The van der Waals surface area contributed by atoms with Crippen molar-refractivity contribution in [1.29, 1.82) is 0 Å². The molecule has 2 aromatic rings. The Morgan fingerprint density at radius 1 is 0.933 bits per heavy atom. The van der Waals surface area contributed by atoms with Crippen molar-refractivity contribution < 1.29 is 0 Å². The second-order valence-electron chi connectivity index (χ2n) is 3.43. The van der Waals surface area contributed by atoms with Crippen LogP contribution in [0.2, 0.25) is 0 Å². The Bertz CT molecular complexity index is 429. The summed E-state index contributed by atoms with van der Waals surface area (Å²) in [6, 6.07) is 12.6. The number of nitrogens with zero attached hydrogens (tertiary/aromatic N) is 1. The summed E-state index contributed by atoms with van der Waals surface area (Å²) >= 11 is 0. The maximum atomic E-state index is 4.00. The van der Waals surface area contributed by atoms with E-state index in [2.05, 4.69) is 35.8 Å². The molecule has 1 nitrogen and oxygen atoms in total. The highest BCUT2D eigenvalue weighted by Gasteiger charge is 1.96. The fourth-order valence-corrected chi connectivity index (χ4v) is 1.54. The fourth-order valence-electron chi connectivity index (χ4n) is 1.54. The van der Waals surface area contributed by atoms with E-state index in [0.717, 1.165) is 6.42 Å². The van der Waals surface area contributed by atoms with Crippen LogP contribution in [-0.4, -0.2) is 4.98 Å². The molecule has 0 bridgehead atoms. The van der Waals surface area contributed by atoms with Gasteiger partial charge in [0.05, 0.1) is 0 Å². The monoisotopic (exact) mass is 195 g/mol. The lowest BCUT2D eigenvalue weighted by molar-refractivity contribution is 1.28. The minimum atomic E-state index is 0.927. The molecular weight excluding hydrogens is 182 g/mol. The molecule has 0 amide bonds. The predicted molar refractivity (Wildman–Crippen MR) is 63.6 cm³/mol. The van der Waals surface area contributed by atoms with E-state index in [1.165, 1.54) is 16.7 Å². The van der Waals surface area contributed by atoms with Crippen LogP contribution in [0.1, 0.15) is 5.56 Å². The first-order valence-corrected chi connectivity index (χ1v) is 5.00. The number of rotatable bonds is 3. The third kappa shape index (κ3) is 2.32. The Morgan fingerprint density at radius 3 is 2.13 bits per heavy atom. The smallest absolute Gasteiger partial charge is 0.0273 e. The molecule has 1 aromatic heterocycles. The van der Waals surface area contributed by atoms with Gasteiger partial charge < -0.3 is 0 Å². The summed E-state index contributed by atoms with van der Waals surface area (Å²) in [6.07, 6.45) is 6.47. The zero-order chi connectivity index (χ0) is 10.5. The first kappa shape index (κ1) is 9.66. The first-order valence-electron chi connectivity index (χ1n) is 5.00. The summed E-state index contributed by atoms with van der Waals surface area (Å²) in [5.41, 5.74) is 3.73. The third-order valence-corrected chi connectivity index (χ3v) is 2.35. The minimum absolute atomic E-state index is 0.927. The maximum Gasteiger partial charge on any atom is 0.0273 e. The number of aromatic nitrogens is 1. The van der Waals surface area contributed by atoms with E-state index < -0.39 is 0 Å². The van der Waals surface area contributed by atoms with Crippen LogP contribution >= 0.6 is 0 Å². The summed E-state index contributed by atoms with van der Waals surface area (Å²) in [5, 5.41) is 0. The van der Waals surface area contributed by atoms with E-state index in [-0.39, 0.29) is 0 Å². The van der Waals surface area contributed by atoms with Crippen molar-refractivity contribution in [3.8, 4) is 11.1 Å². The second-order valence-corrected chi connectivity index (χ2v) is 3.43. The zero-order valence-electron chi connectivity index (χ0n) is 8.56. The fraction of sp³-hybridized carbons (Fsp3) is 0.0714. The average Bonchev–Trinajstić information content (AvgIpc) is 2.32. The van der Waals surface area contributed by atoms with Gasteiger partial charge >= 0.3 is 0 Å². The molecule has 0 saturated carbocycles. The van der Waals surface area contributed by atoms with Gasteiger partial charge in [0.25, 0.3) is 0 Å². The number of pyridine rings is 1. The molecule has 0 atom stereocenters. The number of benzene rings is 1. The molecular formula is C14H13N. The van der Waals surface area contributed by atoms with Gasteiger partial charge in [-0.15, -0.1) is 6.58 Å². The van der Waals surface area contributed by atoms with E-state index >= 15 is 0 Å². The largest absolute Gasteiger partial charge is 0.265 e. The first-order chi connectivity index (χ1) is 7.40. The van der Waals surface area contributed by atoms with E-state index in [1.807, 2.05) is 30.6 Å². The minimum Gasteiger partial charge on any atom is -0.265 e. The normalized spacial score (nSPS) is 9.87. The van der Waals surface area contributed by atoms with Crippen molar-refractivity contribution in [2.24, 2.45) is 0 Å². The molecule has 2 rings (SSSR count). The van der Waals surface area contributed by atoms with E-state index in [9.17, 15) is 0 Å². The summed E-state index contributed by atoms with van der Waals surface area (Å²) in [5.74, 6) is 0. The molecule has 0 radical (unpaired) electrons. The van der Waals surface area contributed by atoms with Gasteiger partial charge in [0.15, 0.2) is 0 Å². The molecule has 1 heteroatoms. The molecule has 74 valence electrons. The van der Waals surface area contributed by atoms with Crippen LogP contribution in [0, 0.1) is 0 Å². The SMILES string of the molecule is C=CCc1ccc(-c2ccncc2)cc1. The van der Waals surface area contributed by atoms with Crippen LogP contribution in [0.3, 0.4) is 0 Å². The predicted octanol–water partition coefficient (Wildman–Crippen LogP) is 3.48. The van der Waals surface area contributed by atoms with Gasteiger partial charge in [-0.2, -0.15) is 0 Å². The number of hydrogen-bond donors (Lipinski definition) is 0. The molecule has 1 aromatic carbocycles. The Labute approximate surface area is 90.1 Å². The summed E-state index contributed by atoms with van der Waals surface area (Å²) in [4.78, 5) is 4.00. The Balaban J connectivity index is 2.28. The van der Waals surface area contributed by atoms with Crippen molar-refractivity contribution in [2.45, 2.75) is 6.42 Å². The highest BCUT2D eigenvalue weighted by Crippen LogP contribution is 2.18. The molecule has 0 unspecified atom stereocenters. The lowest BCUT2D eigenvalue weighted by Gasteiger charge is -2.02. The van der Waals surface area contributed by atoms with Crippen LogP contribution < -0.4 is 0 Å². The third-order valence-electron chi connectivity index (χ3n) is 2.35. The van der Waals surface area contributed by atoms with E-state index in [4.69, 9.17) is 0 Å². The van der Waals surface area contributed by atoms with Crippen LogP contribution in [0.15, 0.2) is 61.4 Å². The van der Waals surface area contributed by atoms with Crippen LogP contribution in [0.4, 0.5) is 0 Å². The maximum absolute atomic E-state index is 4.00. The molecule has 0 fully saturated rings. The number of hydrogen-bond acceptors (Lipinski definition) is 1. The highest BCUT2D eigenvalue weighted by molar-refractivity contribution is 5.62. The van der Waals surface area contributed by atoms with E-state index in [1.54, 1.807) is 0 Å².